The average molecular weight is 148 g/mol. The van der Waals surface area contributed by atoms with Gasteiger partial charge in [0.15, 0.2) is 0 Å². The van der Waals surface area contributed by atoms with Crippen molar-refractivity contribution in [3.05, 3.63) is 0 Å². The van der Waals surface area contributed by atoms with E-state index in [-0.39, 0.29) is 0 Å². The molecule has 1 aliphatic rings. The zero-order chi connectivity index (χ0) is 6.69. The van der Waals surface area contributed by atoms with E-state index in [9.17, 15) is 4.21 Å². The molecule has 3 nitrogen and oxygen atoms in total. The number of nitrogens with one attached hydrogen (secondary N) is 1. The smallest absolute Gasteiger partial charge is 0.0911 e. The van der Waals surface area contributed by atoms with E-state index in [0.717, 1.165) is 26.2 Å². The summed E-state index contributed by atoms with van der Waals surface area (Å²) < 4.78 is 12.8. The highest BCUT2D eigenvalue weighted by Gasteiger charge is 2.10. The van der Waals surface area contributed by atoms with Crippen molar-refractivity contribution in [1.82, 2.24) is 9.62 Å². The molecule has 1 saturated heterocycles. The van der Waals surface area contributed by atoms with Gasteiger partial charge in [0.2, 0.25) is 0 Å². The molecule has 0 unspecified atom stereocenters. The largest absolute Gasteiger partial charge is 0.314 e. The Kier molecular flexibility index (Phi) is 2.63. The lowest BCUT2D eigenvalue weighted by molar-refractivity contribution is 0.382. The number of piperazine rings is 1. The zero-order valence-corrected chi connectivity index (χ0v) is 6.41. The predicted octanol–water partition coefficient (Wildman–Crippen LogP) is -0.815. The maximum absolute atomic E-state index is 10.8. The molecule has 0 radical (unpaired) electrons. The molecule has 1 rings (SSSR count). The Balaban J connectivity index is 2.31. The highest BCUT2D eigenvalue weighted by molar-refractivity contribution is 7.81. The second-order valence-electron chi connectivity index (χ2n) is 2.10. The van der Waals surface area contributed by atoms with E-state index in [2.05, 4.69) is 5.32 Å². The average Bonchev–Trinajstić information content (AvgIpc) is 1.90. The Bertz CT molecular complexity index is 112. The van der Waals surface area contributed by atoms with Crippen molar-refractivity contribution in [2.24, 2.45) is 0 Å². The van der Waals surface area contributed by atoms with Crippen molar-refractivity contribution < 1.29 is 4.21 Å². The molecule has 0 amide bonds. The third-order valence-corrected chi connectivity index (χ3v) is 2.53. The van der Waals surface area contributed by atoms with Crippen molar-refractivity contribution in [2.75, 3.05) is 32.4 Å². The van der Waals surface area contributed by atoms with Gasteiger partial charge in [-0.25, -0.2) is 8.51 Å². The van der Waals surface area contributed by atoms with Gasteiger partial charge in [0.1, 0.15) is 0 Å². The highest BCUT2D eigenvalue weighted by Crippen LogP contribution is 1.93. The number of nitrogens with zero attached hydrogens (tertiary/aromatic N) is 1. The van der Waals surface area contributed by atoms with Gasteiger partial charge >= 0.3 is 0 Å². The molecule has 0 aliphatic carbocycles. The minimum Gasteiger partial charge on any atom is -0.314 e. The molecule has 1 atom stereocenters. The van der Waals surface area contributed by atoms with Crippen molar-refractivity contribution in [3.8, 4) is 0 Å². The van der Waals surface area contributed by atoms with Gasteiger partial charge in [-0.1, -0.05) is 0 Å². The van der Waals surface area contributed by atoms with Crippen molar-refractivity contribution in [1.29, 1.82) is 0 Å². The summed E-state index contributed by atoms with van der Waals surface area (Å²) in [5.41, 5.74) is 0. The molecule has 9 heavy (non-hydrogen) atoms. The topological polar surface area (TPSA) is 32.3 Å². The fourth-order valence-corrected chi connectivity index (χ4v) is 1.60. The third kappa shape index (κ3) is 2.04. The monoisotopic (exact) mass is 148 g/mol. The second kappa shape index (κ2) is 3.29. The summed E-state index contributed by atoms with van der Waals surface area (Å²) in [6, 6.07) is 0. The van der Waals surface area contributed by atoms with Gasteiger partial charge in [0.25, 0.3) is 0 Å². The van der Waals surface area contributed by atoms with Gasteiger partial charge < -0.3 is 5.32 Å². The lowest BCUT2D eigenvalue weighted by atomic mass is 10.4. The fourth-order valence-electron chi connectivity index (χ4n) is 0.901. The molecule has 54 valence electrons. The summed E-state index contributed by atoms with van der Waals surface area (Å²) >= 11 is 0. The van der Waals surface area contributed by atoms with Crippen LogP contribution in [0.3, 0.4) is 0 Å². The van der Waals surface area contributed by atoms with E-state index in [4.69, 9.17) is 0 Å². The van der Waals surface area contributed by atoms with Crippen LogP contribution < -0.4 is 5.32 Å². The summed E-state index contributed by atoms with van der Waals surface area (Å²) in [4.78, 5) is 0. The van der Waals surface area contributed by atoms with Gasteiger partial charge in [-0.3, -0.25) is 0 Å². The van der Waals surface area contributed by atoms with Gasteiger partial charge in [0, 0.05) is 32.4 Å². The molecule has 0 aromatic carbocycles. The zero-order valence-electron chi connectivity index (χ0n) is 5.59. The van der Waals surface area contributed by atoms with Crippen LogP contribution in [0.5, 0.6) is 0 Å². The van der Waals surface area contributed by atoms with Crippen LogP contribution in [0.2, 0.25) is 0 Å². The quantitative estimate of drug-likeness (QED) is 0.527. The normalized spacial score (nSPS) is 25.9. The van der Waals surface area contributed by atoms with Crippen LogP contribution >= 0.6 is 0 Å². The molecule has 1 heterocycles. The molecule has 1 fully saturated rings. The number of hydrogen-bond donors (Lipinski definition) is 1. The first-order valence-corrected chi connectivity index (χ1v) is 4.61. The first-order chi connectivity index (χ1) is 4.30. The predicted molar refractivity (Wildman–Crippen MR) is 38.5 cm³/mol. The Hall–Kier alpha value is 0.0700. The lowest BCUT2D eigenvalue weighted by Crippen LogP contribution is -2.43. The summed E-state index contributed by atoms with van der Waals surface area (Å²) in [7, 11) is -0.759. The fraction of sp³-hybridized carbons (Fsp3) is 1.00. The maximum atomic E-state index is 10.8. The lowest BCUT2D eigenvalue weighted by Gasteiger charge is -2.23. The van der Waals surface area contributed by atoms with E-state index >= 15 is 0 Å². The van der Waals surface area contributed by atoms with Gasteiger partial charge in [-0.2, -0.15) is 0 Å². The SMILES string of the molecule is C[S@@](=O)N1CCNCC1. The van der Waals surface area contributed by atoms with E-state index in [1.54, 1.807) is 6.26 Å². The van der Waals surface area contributed by atoms with Gasteiger partial charge in [-0.05, 0) is 0 Å². The summed E-state index contributed by atoms with van der Waals surface area (Å²) in [6.07, 6.45) is 1.73. The first-order valence-electron chi connectivity index (χ1n) is 3.10. The molecule has 0 aromatic heterocycles. The Morgan fingerprint density at radius 1 is 1.44 bits per heavy atom. The number of hydrogen-bond acceptors (Lipinski definition) is 2. The molecule has 0 aromatic rings. The van der Waals surface area contributed by atoms with Crippen molar-refractivity contribution >= 4 is 11.0 Å². The number of rotatable bonds is 1. The Morgan fingerprint density at radius 3 is 2.33 bits per heavy atom. The molecule has 0 saturated carbocycles. The van der Waals surface area contributed by atoms with Crippen LogP contribution in [-0.4, -0.2) is 40.9 Å². The molecule has 0 bridgehead atoms. The molecular formula is C5H12N2OS. The van der Waals surface area contributed by atoms with Gasteiger partial charge in [-0.15, -0.1) is 0 Å². The van der Waals surface area contributed by atoms with Crippen LogP contribution in [0, 0.1) is 0 Å². The standard InChI is InChI=1S/C5H12N2OS/c1-9(8)7-4-2-6-3-5-7/h6H,2-5H2,1H3/t9-/m1/s1. The van der Waals surface area contributed by atoms with Crippen LogP contribution in [0.15, 0.2) is 0 Å². The van der Waals surface area contributed by atoms with Crippen LogP contribution in [0.4, 0.5) is 0 Å². The van der Waals surface area contributed by atoms with E-state index in [0.29, 0.717) is 0 Å². The summed E-state index contributed by atoms with van der Waals surface area (Å²) in [6.45, 7) is 3.78. The molecule has 4 heteroatoms. The van der Waals surface area contributed by atoms with Crippen molar-refractivity contribution in [3.63, 3.8) is 0 Å². The van der Waals surface area contributed by atoms with E-state index < -0.39 is 11.0 Å². The van der Waals surface area contributed by atoms with E-state index in [1.807, 2.05) is 4.31 Å². The second-order valence-corrected chi connectivity index (χ2v) is 3.47. The maximum Gasteiger partial charge on any atom is 0.0911 e. The molecule has 1 aliphatic heterocycles. The van der Waals surface area contributed by atoms with Gasteiger partial charge in [0.05, 0.1) is 11.0 Å². The Labute approximate surface area is 58.0 Å². The Morgan fingerprint density at radius 2 is 2.00 bits per heavy atom. The third-order valence-electron chi connectivity index (χ3n) is 1.44. The van der Waals surface area contributed by atoms with Crippen LogP contribution in [0.1, 0.15) is 0 Å². The van der Waals surface area contributed by atoms with Crippen LogP contribution in [-0.2, 0) is 11.0 Å². The molecule has 1 N–H and O–H groups in total. The molecular weight excluding hydrogens is 136 g/mol. The van der Waals surface area contributed by atoms with Crippen LogP contribution in [0.25, 0.3) is 0 Å². The minimum atomic E-state index is -0.759. The van der Waals surface area contributed by atoms with Crippen molar-refractivity contribution in [2.45, 2.75) is 0 Å². The summed E-state index contributed by atoms with van der Waals surface area (Å²) in [5.74, 6) is 0. The first kappa shape index (κ1) is 7.18. The molecule has 0 spiro atoms. The minimum absolute atomic E-state index is 0.759. The summed E-state index contributed by atoms with van der Waals surface area (Å²) in [5, 5.41) is 3.19. The highest BCUT2D eigenvalue weighted by atomic mass is 32.2. The van der Waals surface area contributed by atoms with E-state index in [1.165, 1.54) is 0 Å².